The minimum Gasteiger partial charge on any atom is -0.491 e. The van der Waals surface area contributed by atoms with Crippen LogP contribution in [0, 0.1) is 0 Å². The average molecular weight is 298 g/mol. The molecule has 1 atom stereocenters. The van der Waals surface area contributed by atoms with Crippen molar-refractivity contribution in [3.8, 4) is 5.75 Å². The van der Waals surface area contributed by atoms with Crippen molar-refractivity contribution in [3.63, 3.8) is 0 Å². The van der Waals surface area contributed by atoms with Crippen LogP contribution in [0.4, 0.5) is 0 Å². The van der Waals surface area contributed by atoms with Crippen molar-refractivity contribution >= 4 is 11.6 Å². The van der Waals surface area contributed by atoms with E-state index in [9.17, 15) is 0 Å². The van der Waals surface area contributed by atoms with Crippen LogP contribution in [-0.2, 0) is 6.42 Å². The minimum absolute atomic E-state index is 0.191. The van der Waals surface area contributed by atoms with Gasteiger partial charge in [-0.2, -0.15) is 0 Å². The minimum atomic E-state index is 0.191. The molecule has 0 aliphatic rings. The molecule has 0 aliphatic heterocycles. The summed E-state index contributed by atoms with van der Waals surface area (Å²) in [4.78, 5) is 0. The molecular weight excluding hydrogens is 270 g/mol. The maximum Gasteiger partial charge on any atom is 0.120 e. The zero-order valence-electron chi connectivity index (χ0n) is 13.4. The summed E-state index contributed by atoms with van der Waals surface area (Å²) in [6.07, 6.45) is 3.32. The summed E-state index contributed by atoms with van der Waals surface area (Å²) in [5, 5.41) is 4.31. The topological polar surface area (TPSA) is 21.3 Å². The van der Waals surface area contributed by atoms with Crippen LogP contribution >= 0.6 is 11.6 Å². The van der Waals surface area contributed by atoms with E-state index in [1.54, 1.807) is 0 Å². The van der Waals surface area contributed by atoms with Gasteiger partial charge in [0.2, 0.25) is 0 Å². The van der Waals surface area contributed by atoms with Gasteiger partial charge in [-0.05, 0) is 77.3 Å². The summed E-state index contributed by atoms with van der Waals surface area (Å²) >= 11 is 6.11. The summed E-state index contributed by atoms with van der Waals surface area (Å²) in [5.41, 5.74) is 1.34. The molecule has 0 heterocycles. The van der Waals surface area contributed by atoms with Crippen LogP contribution in [-0.4, -0.2) is 18.2 Å². The quantitative estimate of drug-likeness (QED) is 0.727. The monoisotopic (exact) mass is 297 g/mol. The Kier molecular flexibility index (Phi) is 6.84. The zero-order valence-corrected chi connectivity index (χ0v) is 14.2. The Labute approximate surface area is 128 Å². The molecule has 1 N–H and O–H groups in total. The third-order valence-electron chi connectivity index (χ3n) is 3.18. The van der Waals surface area contributed by atoms with Gasteiger partial charge in [-0.15, -0.1) is 0 Å². The molecule has 0 saturated carbocycles. The molecule has 3 heteroatoms. The predicted molar refractivity (Wildman–Crippen MR) is 87.9 cm³/mol. The second-order valence-corrected chi connectivity index (χ2v) is 6.76. The molecule has 0 radical (unpaired) electrons. The molecule has 20 heavy (non-hydrogen) atoms. The van der Waals surface area contributed by atoms with E-state index in [0.29, 0.717) is 0 Å². The first-order chi connectivity index (χ1) is 9.31. The van der Waals surface area contributed by atoms with Gasteiger partial charge >= 0.3 is 0 Å². The number of aryl methyl sites for hydroxylation is 1. The van der Waals surface area contributed by atoms with E-state index in [-0.39, 0.29) is 11.6 Å². The van der Waals surface area contributed by atoms with Crippen LogP contribution in [0.2, 0.25) is 5.02 Å². The van der Waals surface area contributed by atoms with Crippen LogP contribution in [0.25, 0.3) is 0 Å². The third kappa shape index (κ3) is 6.62. The summed E-state index contributed by atoms with van der Waals surface area (Å²) in [6, 6.07) is 5.92. The fourth-order valence-corrected chi connectivity index (χ4v) is 2.29. The van der Waals surface area contributed by atoms with Gasteiger partial charge in [-0.1, -0.05) is 18.5 Å². The Balaban J connectivity index is 2.37. The lowest BCUT2D eigenvalue weighted by Gasteiger charge is -2.21. The number of rotatable bonds is 7. The lowest BCUT2D eigenvalue weighted by Crippen LogP contribution is -2.36. The maximum atomic E-state index is 6.11. The summed E-state index contributed by atoms with van der Waals surface area (Å²) in [6.45, 7) is 11.8. The number of ether oxygens (including phenoxy) is 1. The largest absolute Gasteiger partial charge is 0.491 e. The van der Waals surface area contributed by atoms with Crippen molar-refractivity contribution in [2.24, 2.45) is 0 Å². The van der Waals surface area contributed by atoms with Crippen molar-refractivity contribution in [2.45, 2.75) is 65.5 Å². The van der Waals surface area contributed by atoms with Crippen molar-refractivity contribution in [3.05, 3.63) is 28.8 Å². The van der Waals surface area contributed by atoms with Gasteiger partial charge < -0.3 is 10.1 Å². The first-order valence-corrected chi connectivity index (χ1v) is 7.89. The highest BCUT2D eigenvalue weighted by molar-refractivity contribution is 6.31. The highest BCUT2D eigenvalue weighted by Gasteiger charge is 2.09. The first-order valence-electron chi connectivity index (χ1n) is 7.52. The van der Waals surface area contributed by atoms with Gasteiger partial charge in [0.05, 0.1) is 6.10 Å². The number of benzene rings is 1. The normalized spacial score (nSPS) is 13.3. The Morgan fingerprint density at radius 2 is 2.00 bits per heavy atom. The standard InChI is InChI=1S/C17H28ClNO/c1-6-14-12-15(9-10-16(14)18)20-13(2)8-7-11-19-17(3,4)5/h9-10,12-13,19H,6-8,11H2,1-5H3. The van der Waals surface area contributed by atoms with Crippen molar-refractivity contribution in [1.29, 1.82) is 0 Å². The van der Waals surface area contributed by atoms with Gasteiger partial charge in [-0.3, -0.25) is 0 Å². The number of nitrogens with one attached hydrogen (secondary N) is 1. The fourth-order valence-electron chi connectivity index (χ4n) is 2.04. The number of hydrogen-bond acceptors (Lipinski definition) is 2. The summed E-state index contributed by atoms with van der Waals surface area (Å²) in [5.74, 6) is 0.919. The van der Waals surface area contributed by atoms with Crippen LogP contribution in [0.1, 0.15) is 53.0 Å². The summed E-state index contributed by atoms with van der Waals surface area (Å²) in [7, 11) is 0. The molecule has 2 nitrogen and oxygen atoms in total. The van der Waals surface area contributed by atoms with Crippen molar-refractivity contribution in [2.75, 3.05) is 6.54 Å². The van der Waals surface area contributed by atoms with E-state index in [2.05, 4.69) is 39.9 Å². The van der Waals surface area contributed by atoms with Crippen LogP contribution < -0.4 is 10.1 Å². The SMILES string of the molecule is CCc1cc(OC(C)CCCNC(C)(C)C)ccc1Cl. The molecule has 0 saturated heterocycles. The molecule has 0 spiro atoms. The van der Waals surface area contributed by atoms with Gasteiger partial charge in [0, 0.05) is 10.6 Å². The molecule has 0 bridgehead atoms. The second kappa shape index (κ2) is 7.90. The molecule has 0 fully saturated rings. The molecule has 1 aromatic rings. The highest BCUT2D eigenvalue weighted by Crippen LogP contribution is 2.23. The highest BCUT2D eigenvalue weighted by atomic mass is 35.5. The van der Waals surface area contributed by atoms with Gasteiger partial charge in [-0.25, -0.2) is 0 Å². The van der Waals surface area contributed by atoms with Crippen molar-refractivity contribution < 1.29 is 4.74 Å². The Bertz CT molecular complexity index is 412. The van der Waals surface area contributed by atoms with E-state index >= 15 is 0 Å². The zero-order chi connectivity index (χ0) is 15.2. The molecule has 0 aromatic heterocycles. The van der Waals surface area contributed by atoms with E-state index in [1.807, 2.05) is 18.2 Å². The Morgan fingerprint density at radius 1 is 1.30 bits per heavy atom. The molecule has 1 unspecified atom stereocenters. The summed E-state index contributed by atoms with van der Waals surface area (Å²) < 4.78 is 5.96. The fraction of sp³-hybridized carbons (Fsp3) is 0.647. The lowest BCUT2D eigenvalue weighted by molar-refractivity contribution is 0.205. The molecule has 0 amide bonds. The smallest absolute Gasteiger partial charge is 0.120 e. The Morgan fingerprint density at radius 3 is 2.60 bits per heavy atom. The first kappa shape index (κ1) is 17.3. The second-order valence-electron chi connectivity index (χ2n) is 6.35. The maximum absolute atomic E-state index is 6.11. The van der Waals surface area contributed by atoms with E-state index in [0.717, 1.165) is 42.1 Å². The molecule has 1 aromatic carbocycles. The predicted octanol–water partition coefficient (Wildman–Crippen LogP) is 4.84. The van der Waals surface area contributed by atoms with Gasteiger partial charge in [0.15, 0.2) is 0 Å². The van der Waals surface area contributed by atoms with E-state index in [4.69, 9.17) is 16.3 Å². The van der Waals surface area contributed by atoms with Crippen LogP contribution in [0.15, 0.2) is 18.2 Å². The lowest BCUT2D eigenvalue weighted by atomic mass is 10.1. The van der Waals surface area contributed by atoms with Gasteiger partial charge in [0.1, 0.15) is 5.75 Å². The number of halogens is 1. The van der Waals surface area contributed by atoms with E-state index < -0.39 is 0 Å². The Hall–Kier alpha value is -0.730. The third-order valence-corrected chi connectivity index (χ3v) is 3.55. The molecule has 114 valence electrons. The average Bonchev–Trinajstić information content (AvgIpc) is 2.36. The van der Waals surface area contributed by atoms with Crippen molar-refractivity contribution in [1.82, 2.24) is 5.32 Å². The number of hydrogen-bond donors (Lipinski definition) is 1. The molecular formula is C17H28ClNO. The molecule has 0 aliphatic carbocycles. The van der Waals surface area contributed by atoms with E-state index in [1.165, 1.54) is 0 Å². The van der Waals surface area contributed by atoms with Gasteiger partial charge in [0.25, 0.3) is 0 Å². The van der Waals surface area contributed by atoms with Crippen LogP contribution in [0.5, 0.6) is 5.75 Å². The molecule has 1 rings (SSSR count). The van der Waals surface area contributed by atoms with Crippen LogP contribution in [0.3, 0.4) is 0 Å².